The highest BCUT2D eigenvalue weighted by atomic mass is 19.1. The number of hydrogen-bond donors (Lipinski definition) is 2. The summed E-state index contributed by atoms with van der Waals surface area (Å²) in [6.07, 6.45) is 3.74. The van der Waals surface area contributed by atoms with Gasteiger partial charge >= 0.3 is 6.16 Å². The van der Waals surface area contributed by atoms with Crippen LogP contribution in [0.15, 0.2) is 66.8 Å². The zero-order valence-corrected chi connectivity index (χ0v) is 12.4. The van der Waals surface area contributed by atoms with E-state index < -0.39 is 6.16 Å². The number of benzene rings is 2. The molecule has 2 rings (SSSR count). The van der Waals surface area contributed by atoms with Gasteiger partial charge in [-0.25, -0.2) is 13.6 Å². The van der Waals surface area contributed by atoms with Gasteiger partial charge in [0.15, 0.2) is 0 Å². The molecule has 0 fully saturated rings. The van der Waals surface area contributed by atoms with Gasteiger partial charge in [-0.3, -0.25) is 0 Å². The fraction of sp³-hybridized carbons (Fsp3) is 0.0556. The van der Waals surface area contributed by atoms with Crippen molar-refractivity contribution in [2.24, 2.45) is 0 Å². The van der Waals surface area contributed by atoms with Crippen LogP contribution in [0.2, 0.25) is 0 Å². The van der Waals surface area contributed by atoms with E-state index in [0.717, 1.165) is 16.7 Å². The second kappa shape index (κ2) is 9.15. The number of allylic oxidation sites excluding steroid dienone is 3. The van der Waals surface area contributed by atoms with Crippen molar-refractivity contribution in [1.29, 1.82) is 0 Å². The molecule has 2 N–H and O–H groups in total. The highest BCUT2D eigenvalue weighted by Crippen LogP contribution is 2.24. The highest BCUT2D eigenvalue weighted by molar-refractivity contribution is 5.80. The normalized spacial score (nSPS) is 9.87. The maximum atomic E-state index is 13.3. The molecule has 0 spiro atoms. The summed E-state index contributed by atoms with van der Waals surface area (Å²) in [6.45, 7) is 1.89. The molecule has 2 aromatic rings. The minimum atomic E-state index is -1.83. The van der Waals surface area contributed by atoms with Crippen molar-refractivity contribution in [2.75, 3.05) is 0 Å². The molecule has 0 heterocycles. The Bertz CT molecular complexity index is 670. The molecule has 0 atom stereocenters. The van der Waals surface area contributed by atoms with E-state index in [1.165, 1.54) is 24.3 Å². The SMILES string of the molecule is C/C=C/C=C(c1cccc(F)c1)c1cccc(F)c1.O=C(O)O. The minimum Gasteiger partial charge on any atom is -0.450 e. The van der Waals surface area contributed by atoms with Crippen molar-refractivity contribution in [2.45, 2.75) is 6.92 Å². The van der Waals surface area contributed by atoms with Gasteiger partial charge in [0.2, 0.25) is 0 Å². The fourth-order valence-electron chi connectivity index (χ4n) is 1.86. The van der Waals surface area contributed by atoms with Gasteiger partial charge in [0.1, 0.15) is 11.6 Å². The van der Waals surface area contributed by atoms with E-state index in [9.17, 15) is 8.78 Å². The third kappa shape index (κ3) is 6.56. The molecule has 0 aliphatic carbocycles. The monoisotopic (exact) mass is 318 g/mol. The maximum absolute atomic E-state index is 13.3. The first-order valence-electron chi connectivity index (χ1n) is 6.70. The number of carboxylic acid groups (broad SMARTS) is 2. The molecule has 0 aliphatic rings. The van der Waals surface area contributed by atoms with Crippen LogP contribution in [0.5, 0.6) is 0 Å². The summed E-state index contributed by atoms with van der Waals surface area (Å²) in [6, 6.07) is 12.6. The average molecular weight is 318 g/mol. The Balaban J connectivity index is 0.000000593. The summed E-state index contributed by atoms with van der Waals surface area (Å²) in [5.41, 5.74) is 2.24. The molecule has 120 valence electrons. The summed E-state index contributed by atoms with van der Waals surface area (Å²) in [4.78, 5) is 8.56. The number of rotatable bonds is 3. The molecule has 0 saturated heterocycles. The van der Waals surface area contributed by atoms with Gasteiger partial charge in [-0.1, -0.05) is 42.5 Å². The quantitative estimate of drug-likeness (QED) is 0.765. The van der Waals surface area contributed by atoms with E-state index in [1.807, 2.05) is 37.3 Å². The van der Waals surface area contributed by atoms with Crippen molar-refractivity contribution < 1.29 is 23.8 Å². The van der Waals surface area contributed by atoms with Crippen LogP contribution < -0.4 is 0 Å². The molecule has 0 saturated carbocycles. The summed E-state index contributed by atoms with van der Waals surface area (Å²) < 4.78 is 26.7. The van der Waals surface area contributed by atoms with Crippen LogP contribution in [0, 0.1) is 11.6 Å². The maximum Gasteiger partial charge on any atom is 0.503 e. The zero-order valence-electron chi connectivity index (χ0n) is 12.4. The lowest BCUT2D eigenvalue weighted by molar-refractivity contribution is 0.137. The van der Waals surface area contributed by atoms with Crippen molar-refractivity contribution in [3.05, 3.63) is 89.5 Å². The van der Waals surface area contributed by atoms with Gasteiger partial charge in [-0.2, -0.15) is 0 Å². The Kier molecular flexibility index (Phi) is 7.20. The minimum absolute atomic E-state index is 0.305. The van der Waals surface area contributed by atoms with Crippen LogP contribution >= 0.6 is 0 Å². The molecule has 0 aliphatic heterocycles. The van der Waals surface area contributed by atoms with Crippen LogP contribution in [0.3, 0.4) is 0 Å². The van der Waals surface area contributed by atoms with Gasteiger partial charge in [-0.05, 0) is 47.9 Å². The summed E-state index contributed by atoms with van der Waals surface area (Å²) in [5.74, 6) is -0.611. The van der Waals surface area contributed by atoms with E-state index in [1.54, 1.807) is 12.1 Å². The predicted molar refractivity (Wildman–Crippen MR) is 85.3 cm³/mol. The first-order chi connectivity index (χ1) is 10.9. The van der Waals surface area contributed by atoms with Crippen molar-refractivity contribution in [3.8, 4) is 0 Å². The fourth-order valence-corrected chi connectivity index (χ4v) is 1.86. The van der Waals surface area contributed by atoms with Crippen molar-refractivity contribution in [3.63, 3.8) is 0 Å². The van der Waals surface area contributed by atoms with Gasteiger partial charge < -0.3 is 10.2 Å². The molecule has 23 heavy (non-hydrogen) atoms. The third-order valence-corrected chi connectivity index (χ3v) is 2.73. The Morgan fingerprint density at radius 2 is 1.39 bits per heavy atom. The molecule has 0 amide bonds. The molecule has 5 heteroatoms. The Labute approximate surface area is 132 Å². The van der Waals surface area contributed by atoms with Crippen LogP contribution in [0.1, 0.15) is 18.1 Å². The second-order valence-corrected chi connectivity index (χ2v) is 4.41. The van der Waals surface area contributed by atoms with Crippen molar-refractivity contribution >= 4 is 11.7 Å². The Morgan fingerprint density at radius 3 is 1.74 bits per heavy atom. The Morgan fingerprint density at radius 1 is 0.957 bits per heavy atom. The molecule has 2 aromatic carbocycles. The topological polar surface area (TPSA) is 57.5 Å². The van der Waals surface area contributed by atoms with E-state index >= 15 is 0 Å². The van der Waals surface area contributed by atoms with Gasteiger partial charge in [0.25, 0.3) is 0 Å². The number of halogens is 2. The van der Waals surface area contributed by atoms with Crippen molar-refractivity contribution in [1.82, 2.24) is 0 Å². The molecule has 0 aromatic heterocycles. The second-order valence-electron chi connectivity index (χ2n) is 4.41. The highest BCUT2D eigenvalue weighted by Gasteiger charge is 2.06. The lowest BCUT2D eigenvalue weighted by Gasteiger charge is -2.08. The molecule has 3 nitrogen and oxygen atoms in total. The van der Waals surface area contributed by atoms with Crippen LogP contribution in [-0.2, 0) is 0 Å². The first-order valence-corrected chi connectivity index (χ1v) is 6.70. The average Bonchev–Trinajstić information content (AvgIpc) is 2.47. The van der Waals surface area contributed by atoms with E-state index in [0.29, 0.717) is 0 Å². The van der Waals surface area contributed by atoms with E-state index in [4.69, 9.17) is 15.0 Å². The van der Waals surface area contributed by atoms with E-state index in [-0.39, 0.29) is 11.6 Å². The van der Waals surface area contributed by atoms with Gasteiger partial charge in [-0.15, -0.1) is 0 Å². The number of carbonyl (C=O) groups is 1. The molecular formula is C18H16F2O3. The van der Waals surface area contributed by atoms with Crippen LogP contribution in [-0.4, -0.2) is 16.4 Å². The van der Waals surface area contributed by atoms with Crippen LogP contribution in [0.4, 0.5) is 13.6 Å². The van der Waals surface area contributed by atoms with E-state index in [2.05, 4.69) is 0 Å². The molecule has 0 bridgehead atoms. The largest absolute Gasteiger partial charge is 0.503 e. The lowest BCUT2D eigenvalue weighted by atomic mass is 9.97. The van der Waals surface area contributed by atoms with Crippen LogP contribution in [0.25, 0.3) is 5.57 Å². The standard InChI is InChI=1S/C17H14F2.CH2O3/c1-2-3-10-17(13-6-4-8-15(18)11-13)14-7-5-9-16(19)12-14;2-1(3)4/h2-12H,1H3;(H2,2,3,4)/b3-2+;. The predicted octanol–water partition coefficient (Wildman–Crippen LogP) is 5.20. The number of hydrogen-bond acceptors (Lipinski definition) is 1. The third-order valence-electron chi connectivity index (χ3n) is 2.73. The van der Waals surface area contributed by atoms with Gasteiger partial charge in [0, 0.05) is 0 Å². The molecular weight excluding hydrogens is 302 g/mol. The first kappa shape index (κ1) is 18.1. The zero-order chi connectivity index (χ0) is 17.2. The molecule has 0 radical (unpaired) electrons. The Hall–Kier alpha value is -2.95. The molecule has 0 unspecified atom stereocenters. The smallest absolute Gasteiger partial charge is 0.450 e. The summed E-state index contributed by atoms with van der Waals surface area (Å²) >= 11 is 0. The lowest BCUT2D eigenvalue weighted by Crippen LogP contribution is -1.90. The van der Waals surface area contributed by atoms with Gasteiger partial charge in [0.05, 0.1) is 0 Å². The summed E-state index contributed by atoms with van der Waals surface area (Å²) in [5, 5.41) is 13.9. The summed E-state index contributed by atoms with van der Waals surface area (Å²) in [7, 11) is 0.